The van der Waals surface area contributed by atoms with Gasteiger partial charge in [0.1, 0.15) is 0 Å². The van der Waals surface area contributed by atoms with E-state index in [2.05, 4.69) is 10.3 Å². The number of rotatable bonds is 1. The fourth-order valence-electron chi connectivity index (χ4n) is 3.11. The number of aromatic nitrogens is 1. The molecule has 1 amide bonds. The number of fused-ring (bicyclic) bond motifs is 5. The van der Waals surface area contributed by atoms with Gasteiger partial charge in [-0.3, -0.25) is 9.93 Å². The second-order valence-corrected chi connectivity index (χ2v) is 6.49. The summed E-state index contributed by atoms with van der Waals surface area (Å²) in [7, 11) is 0. The van der Waals surface area contributed by atoms with Crippen LogP contribution in [0.1, 0.15) is 25.0 Å². The van der Waals surface area contributed by atoms with Crippen molar-refractivity contribution in [1.29, 1.82) is 0 Å². The summed E-state index contributed by atoms with van der Waals surface area (Å²) in [6.07, 6.45) is -4.38. The number of nitrogens with one attached hydrogen (secondary N) is 2. The van der Waals surface area contributed by atoms with Crippen LogP contribution in [0.25, 0.3) is 22.2 Å². The van der Waals surface area contributed by atoms with Gasteiger partial charge in [-0.15, -0.1) is 0 Å². The lowest BCUT2D eigenvalue weighted by Crippen LogP contribution is -2.13. The molecule has 2 heterocycles. The van der Waals surface area contributed by atoms with Gasteiger partial charge in [-0.1, -0.05) is 13.8 Å². The average Bonchev–Trinajstić information content (AvgIpc) is 2.93. The van der Waals surface area contributed by atoms with Crippen LogP contribution in [0.5, 0.6) is 0 Å². The van der Waals surface area contributed by atoms with Gasteiger partial charge < -0.3 is 10.3 Å². The predicted molar refractivity (Wildman–Crippen MR) is 102 cm³/mol. The smallest absolute Gasteiger partial charge is 0.354 e. The largest absolute Gasteiger partial charge is 0.416 e. The molecular weight excluding hydrogens is 375 g/mol. The molecule has 0 fully saturated rings. The first kappa shape index (κ1) is 19.3. The maximum Gasteiger partial charge on any atom is 0.416 e. The molecule has 0 bridgehead atoms. The second-order valence-electron chi connectivity index (χ2n) is 5.79. The SMILES string of the molecule is CC.NSc1ccc2[nH]c3c(c2c1)CC(=O)Nc1ccc(C(F)(F)F)cc1-3. The lowest BCUT2D eigenvalue weighted by molar-refractivity contribution is -0.137. The van der Waals surface area contributed by atoms with Crippen LogP contribution in [0.15, 0.2) is 41.3 Å². The van der Waals surface area contributed by atoms with Crippen LogP contribution in [0.4, 0.5) is 18.9 Å². The van der Waals surface area contributed by atoms with Crippen molar-refractivity contribution in [3.8, 4) is 11.3 Å². The Morgan fingerprint density at radius 1 is 1.11 bits per heavy atom. The zero-order valence-corrected chi connectivity index (χ0v) is 15.5. The molecule has 1 aliphatic rings. The molecule has 0 saturated carbocycles. The number of carbonyl (C=O) groups is 1. The van der Waals surface area contributed by atoms with Crippen molar-refractivity contribution in [3.63, 3.8) is 0 Å². The van der Waals surface area contributed by atoms with Gasteiger partial charge in [-0.05, 0) is 53.9 Å². The first-order valence-corrected chi connectivity index (χ1v) is 9.27. The fraction of sp³-hybridized carbons (Fsp3) is 0.211. The van der Waals surface area contributed by atoms with Gasteiger partial charge in [-0.2, -0.15) is 13.2 Å². The summed E-state index contributed by atoms with van der Waals surface area (Å²) < 4.78 is 39.3. The second kappa shape index (κ2) is 7.28. The molecule has 2 aromatic carbocycles. The molecule has 8 heteroatoms. The van der Waals surface area contributed by atoms with Crippen LogP contribution >= 0.6 is 11.9 Å². The molecule has 142 valence electrons. The number of amides is 1. The van der Waals surface area contributed by atoms with E-state index in [1.807, 2.05) is 32.0 Å². The van der Waals surface area contributed by atoms with Gasteiger partial charge in [0.2, 0.25) is 5.91 Å². The van der Waals surface area contributed by atoms with E-state index in [1.54, 1.807) is 0 Å². The lowest BCUT2D eigenvalue weighted by atomic mass is 10.0. The highest BCUT2D eigenvalue weighted by Crippen LogP contribution is 2.41. The van der Waals surface area contributed by atoms with Gasteiger partial charge in [-0.25, -0.2) is 0 Å². The Kier molecular flexibility index (Phi) is 5.21. The number of benzene rings is 2. The Bertz CT molecular complexity index is 1010. The number of nitrogens with two attached hydrogens (primary N) is 1. The third kappa shape index (κ3) is 3.54. The number of H-pyrrole nitrogens is 1. The lowest BCUT2D eigenvalue weighted by Gasteiger charge is -2.12. The molecule has 4 rings (SSSR count). The van der Waals surface area contributed by atoms with Crippen LogP contribution in [0.2, 0.25) is 0 Å². The molecule has 0 saturated heterocycles. The Hall–Kier alpha value is -2.45. The number of anilines is 1. The van der Waals surface area contributed by atoms with E-state index in [-0.39, 0.29) is 12.3 Å². The van der Waals surface area contributed by atoms with E-state index in [0.717, 1.165) is 39.9 Å². The number of halogens is 3. The van der Waals surface area contributed by atoms with E-state index in [9.17, 15) is 18.0 Å². The highest BCUT2D eigenvalue weighted by Gasteiger charge is 2.32. The van der Waals surface area contributed by atoms with Crippen molar-refractivity contribution in [2.75, 3.05) is 5.32 Å². The molecule has 0 aliphatic carbocycles. The van der Waals surface area contributed by atoms with Gasteiger partial charge in [0.15, 0.2) is 0 Å². The van der Waals surface area contributed by atoms with Crippen LogP contribution in [-0.2, 0) is 17.4 Å². The normalized spacial score (nSPS) is 13.2. The third-order valence-corrected chi connectivity index (χ3v) is 4.77. The zero-order chi connectivity index (χ0) is 19.8. The minimum Gasteiger partial charge on any atom is -0.354 e. The molecular formula is C19H18F3N3OS. The molecule has 0 radical (unpaired) electrons. The predicted octanol–water partition coefficient (Wildman–Crippen LogP) is 5.34. The van der Waals surface area contributed by atoms with Crippen LogP contribution < -0.4 is 10.5 Å². The van der Waals surface area contributed by atoms with Crippen LogP contribution in [0, 0.1) is 0 Å². The first-order valence-electron chi connectivity index (χ1n) is 8.39. The molecule has 4 nitrogen and oxygen atoms in total. The molecule has 0 atom stereocenters. The van der Waals surface area contributed by atoms with Gasteiger partial charge in [0, 0.05) is 21.4 Å². The van der Waals surface area contributed by atoms with Gasteiger partial charge in [0.05, 0.1) is 23.4 Å². The van der Waals surface area contributed by atoms with Gasteiger partial charge in [0.25, 0.3) is 0 Å². The number of hydrogen-bond donors (Lipinski definition) is 3. The quantitative estimate of drug-likeness (QED) is 0.489. The number of hydrogen-bond acceptors (Lipinski definition) is 3. The van der Waals surface area contributed by atoms with E-state index in [0.29, 0.717) is 22.5 Å². The Labute approximate surface area is 158 Å². The number of aromatic amines is 1. The van der Waals surface area contributed by atoms with Crippen LogP contribution in [-0.4, -0.2) is 10.9 Å². The van der Waals surface area contributed by atoms with Crippen molar-refractivity contribution in [2.45, 2.75) is 31.3 Å². The van der Waals surface area contributed by atoms with E-state index < -0.39 is 11.7 Å². The van der Waals surface area contributed by atoms with Crippen molar-refractivity contribution in [3.05, 3.63) is 47.5 Å². The maximum atomic E-state index is 13.1. The monoisotopic (exact) mass is 393 g/mol. The highest BCUT2D eigenvalue weighted by atomic mass is 32.2. The Morgan fingerprint density at radius 3 is 2.52 bits per heavy atom. The molecule has 3 aromatic rings. The summed E-state index contributed by atoms with van der Waals surface area (Å²) in [5.74, 6) is -0.272. The van der Waals surface area contributed by atoms with E-state index in [4.69, 9.17) is 5.14 Å². The fourth-order valence-corrected chi connectivity index (χ4v) is 3.44. The summed E-state index contributed by atoms with van der Waals surface area (Å²) in [5, 5.41) is 9.04. The Balaban J connectivity index is 0.00000102. The molecule has 0 unspecified atom stereocenters. The minimum atomic E-state index is -4.46. The van der Waals surface area contributed by atoms with E-state index >= 15 is 0 Å². The maximum absolute atomic E-state index is 13.1. The third-order valence-electron chi connectivity index (χ3n) is 4.24. The number of carbonyl (C=O) groups excluding carboxylic acids is 1. The summed E-state index contributed by atoms with van der Waals surface area (Å²) in [4.78, 5) is 16.2. The standard InChI is InChI=1S/C17H12F3N3OS.C2H6/c18-17(19,20)8-1-3-14-12(5-8)16-11(7-15(24)22-14)10-6-9(25-21)2-4-13(10)23-16;1-2/h1-6,23H,7,21H2,(H,22,24);1-2H3. The molecule has 0 spiro atoms. The zero-order valence-electron chi connectivity index (χ0n) is 14.7. The minimum absolute atomic E-state index is 0.0735. The van der Waals surface area contributed by atoms with Crippen molar-refractivity contribution in [1.82, 2.24) is 4.98 Å². The van der Waals surface area contributed by atoms with Gasteiger partial charge >= 0.3 is 6.18 Å². The molecule has 1 aromatic heterocycles. The first-order chi connectivity index (χ1) is 12.9. The summed E-state index contributed by atoms with van der Waals surface area (Å²) in [6, 6.07) is 8.78. The highest BCUT2D eigenvalue weighted by molar-refractivity contribution is 7.97. The topological polar surface area (TPSA) is 70.9 Å². The summed E-state index contributed by atoms with van der Waals surface area (Å²) in [6.45, 7) is 4.00. The summed E-state index contributed by atoms with van der Waals surface area (Å²) >= 11 is 1.07. The molecule has 4 N–H and O–H groups in total. The molecule has 27 heavy (non-hydrogen) atoms. The number of alkyl halides is 3. The Morgan fingerprint density at radius 2 is 1.85 bits per heavy atom. The average molecular weight is 393 g/mol. The van der Waals surface area contributed by atoms with E-state index in [1.165, 1.54) is 6.07 Å². The molecule has 1 aliphatic heterocycles. The van der Waals surface area contributed by atoms with Crippen LogP contribution in [0.3, 0.4) is 0 Å². The summed E-state index contributed by atoms with van der Waals surface area (Å²) in [5.41, 5.74) is 1.87. The van der Waals surface area contributed by atoms with Crippen molar-refractivity contribution in [2.24, 2.45) is 5.14 Å². The van der Waals surface area contributed by atoms with Crippen molar-refractivity contribution >= 4 is 34.4 Å². The van der Waals surface area contributed by atoms with Crippen molar-refractivity contribution < 1.29 is 18.0 Å².